The third kappa shape index (κ3) is 3.91. The Balaban J connectivity index is 2.07. The van der Waals surface area contributed by atoms with Gasteiger partial charge in [-0.1, -0.05) is 6.07 Å². The molecule has 1 aromatic heterocycles. The van der Waals surface area contributed by atoms with E-state index in [-0.39, 0.29) is 5.75 Å². The first-order valence-electron chi connectivity index (χ1n) is 6.13. The molecule has 0 radical (unpaired) electrons. The van der Waals surface area contributed by atoms with Crippen molar-refractivity contribution >= 4 is 22.9 Å². The van der Waals surface area contributed by atoms with Crippen molar-refractivity contribution in [1.29, 1.82) is 0 Å². The molecule has 2 aromatic rings. The van der Waals surface area contributed by atoms with Gasteiger partial charge in [0.1, 0.15) is 5.75 Å². The van der Waals surface area contributed by atoms with Gasteiger partial charge in [0.2, 0.25) is 5.91 Å². The lowest BCUT2D eigenvalue weighted by atomic mass is 10.2. The van der Waals surface area contributed by atoms with Crippen LogP contribution in [0.3, 0.4) is 0 Å². The number of ether oxygens (including phenoxy) is 1. The SMILES string of the molecule is Cc1c(NCc2cc(C(N)=O)cs2)cccc1OC(F)F. The van der Waals surface area contributed by atoms with Crippen LogP contribution in [0, 0.1) is 6.92 Å². The number of benzene rings is 1. The zero-order valence-corrected chi connectivity index (χ0v) is 12.0. The molecule has 0 aliphatic carbocycles. The van der Waals surface area contributed by atoms with Crippen LogP contribution in [-0.2, 0) is 6.54 Å². The predicted molar refractivity (Wildman–Crippen MR) is 78.0 cm³/mol. The third-order valence-electron chi connectivity index (χ3n) is 2.89. The highest BCUT2D eigenvalue weighted by Crippen LogP contribution is 2.27. The zero-order valence-electron chi connectivity index (χ0n) is 11.2. The Kier molecular flexibility index (Phi) is 4.74. The fourth-order valence-corrected chi connectivity index (χ4v) is 2.63. The molecule has 0 aliphatic heterocycles. The lowest BCUT2D eigenvalue weighted by Gasteiger charge is -2.13. The highest BCUT2D eigenvalue weighted by molar-refractivity contribution is 7.10. The number of primary amides is 1. The first-order chi connectivity index (χ1) is 9.97. The first-order valence-corrected chi connectivity index (χ1v) is 7.01. The van der Waals surface area contributed by atoms with Gasteiger partial charge in [0.05, 0.1) is 5.56 Å². The summed E-state index contributed by atoms with van der Waals surface area (Å²) in [5.74, 6) is -0.333. The molecule has 2 rings (SSSR count). The molecule has 1 heterocycles. The van der Waals surface area contributed by atoms with Crippen molar-refractivity contribution in [3.8, 4) is 5.75 Å². The summed E-state index contributed by atoms with van der Waals surface area (Å²) >= 11 is 1.40. The van der Waals surface area contributed by atoms with Gasteiger partial charge in [-0.3, -0.25) is 4.79 Å². The summed E-state index contributed by atoms with van der Waals surface area (Å²) in [6.45, 7) is -0.686. The molecule has 0 fully saturated rings. The second kappa shape index (κ2) is 6.53. The lowest BCUT2D eigenvalue weighted by molar-refractivity contribution is -0.0502. The molecule has 0 bridgehead atoms. The van der Waals surface area contributed by atoms with Crippen molar-refractivity contribution < 1.29 is 18.3 Å². The number of halogens is 2. The number of hydrogen-bond acceptors (Lipinski definition) is 4. The Morgan fingerprint density at radius 2 is 2.24 bits per heavy atom. The minimum Gasteiger partial charge on any atom is -0.434 e. The van der Waals surface area contributed by atoms with Gasteiger partial charge in [0.25, 0.3) is 0 Å². The van der Waals surface area contributed by atoms with E-state index in [1.165, 1.54) is 17.4 Å². The van der Waals surface area contributed by atoms with Gasteiger partial charge in [-0.05, 0) is 25.1 Å². The van der Waals surface area contributed by atoms with Gasteiger partial charge in [-0.25, -0.2) is 0 Å². The maximum absolute atomic E-state index is 12.3. The van der Waals surface area contributed by atoms with E-state index in [9.17, 15) is 13.6 Å². The number of alkyl halides is 2. The minimum absolute atomic E-state index is 0.138. The second-order valence-corrected chi connectivity index (χ2v) is 5.32. The minimum atomic E-state index is -2.85. The molecule has 7 heteroatoms. The Bertz CT molecular complexity index is 644. The van der Waals surface area contributed by atoms with Gasteiger partial charge < -0.3 is 15.8 Å². The van der Waals surface area contributed by atoms with Crippen LogP contribution in [0.15, 0.2) is 29.6 Å². The molecule has 0 spiro atoms. The smallest absolute Gasteiger partial charge is 0.387 e. The number of carbonyl (C=O) groups is 1. The summed E-state index contributed by atoms with van der Waals surface area (Å²) in [5, 5.41) is 4.81. The van der Waals surface area contributed by atoms with Crippen molar-refractivity contribution in [2.75, 3.05) is 5.32 Å². The average Bonchev–Trinajstić information content (AvgIpc) is 2.88. The number of carbonyl (C=O) groups excluding carboxylic acids is 1. The quantitative estimate of drug-likeness (QED) is 0.859. The van der Waals surface area contributed by atoms with Gasteiger partial charge in [0, 0.05) is 28.1 Å². The molecule has 112 valence electrons. The van der Waals surface area contributed by atoms with Crippen molar-refractivity contribution in [3.05, 3.63) is 45.6 Å². The maximum Gasteiger partial charge on any atom is 0.387 e. The fraction of sp³-hybridized carbons (Fsp3) is 0.214. The highest BCUT2D eigenvalue weighted by Gasteiger charge is 2.10. The largest absolute Gasteiger partial charge is 0.434 e. The molecule has 1 amide bonds. The molecule has 1 aromatic carbocycles. The van der Waals surface area contributed by atoms with E-state index in [0.29, 0.717) is 23.4 Å². The number of nitrogens with one attached hydrogen (secondary N) is 1. The molecule has 0 unspecified atom stereocenters. The number of hydrogen-bond donors (Lipinski definition) is 2. The Hall–Kier alpha value is -2.15. The van der Waals surface area contributed by atoms with Crippen LogP contribution in [0.4, 0.5) is 14.5 Å². The van der Waals surface area contributed by atoms with Gasteiger partial charge in [-0.2, -0.15) is 8.78 Å². The highest BCUT2D eigenvalue weighted by atomic mass is 32.1. The Morgan fingerprint density at radius 1 is 1.48 bits per heavy atom. The van der Waals surface area contributed by atoms with Crippen molar-refractivity contribution in [2.24, 2.45) is 5.73 Å². The zero-order chi connectivity index (χ0) is 15.4. The lowest BCUT2D eigenvalue weighted by Crippen LogP contribution is -2.09. The predicted octanol–water partition coefficient (Wildman–Crippen LogP) is 3.37. The summed E-state index contributed by atoms with van der Waals surface area (Å²) in [5.41, 5.74) is 6.94. The van der Waals surface area contributed by atoms with Gasteiger partial charge in [0.15, 0.2) is 0 Å². The molecule has 0 saturated carbocycles. The summed E-state index contributed by atoms with van der Waals surface area (Å²) in [6.07, 6.45) is 0. The normalized spacial score (nSPS) is 10.7. The third-order valence-corrected chi connectivity index (χ3v) is 3.83. The summed E-state index contributed by atoms with van der Waals surface area (Å²) < 4.78 is 29.0. The van der Waals surface area contributed by atoms with Crippen molar-refractivity contribution in [1.82, 2.24) is 0 Å². The van der Waals surface area contributed by atoms with Crippen LogP contribution in [0.2, 0.25) is 0 Å². The van der Waals surface area contributed by atoms with Crippen LogP contribution in [0.5, 0.6) is 5.75 Å². The van der Waals surface area contributed by atoms with E-state index in [0.717, 1.165) is 4.88 Å². The number of nitrogens with two attached hydrogens (primary N) is 1. The number of rotatable bonds is 6. The van der Waals surface area contributed by atoms with E-state index in [1.54, 1.807) is 30.5 Å². The van der Waals surface area contributed by atoms with E-state index in [2.05, 4.69) is 10.1 Å². The van der Waals surface area contributed by atoms with Crippen LogP contribution in [-0.4, -0.2) is 12.5 Å². The second-order valence-electron chi connectivity index (χ2n) is 4.33. The number of thiophene rings is 1. The Morgan fingerprint density at radius 3 is 2.86 bits per heavy atom. The molecule has 3 N–H and O–H groups in total. The average molecular weight is 312 g/mol. The summed E-state index contributed by atoms with van der Waals surface area (Å²) in [4.78, 5) is 11.9. The van der Waals surface area contributed by atoms with Gasteiger partial charge in [-0.15, -0.1) is 11.3 Å². The molecular weight excluding hydrogens is 298 g/mol. The monoisotopic (exact) mass is 312 g/mol. The van der Waals surface area contributed by atoms with Crippen LogP contribution >= 0.6 is 11.3 Å². The van der Waals surface area contributed by atoms with Crippen molar-refractivity contribution in [3.63, 3.8) is 0 Å². The number of amides is 1. The molecule has 0 saturated heterocycles. The maximum atomic E-state index is 12.3. The first kappa shape index (κ1) is 15.2. The van der Waals surface area contributed by atoms with Crippen LogP contribution in [0.1, 0.15) is 20.8 Å². The molecular formula is C14H14F2N2O2S. The van der Waals surface area contributed by atoms with Crippen LogP contribution in [0.25, 0.3) is 0 Å². The van der Waals surface area contributed by atoms with E-state index >= 15 is 0 Å². The van der Waals surface area contributed by atoms with Crippen LogP contribution < -0.4 is 15.8 Å². The van der Waals surface area contributed by atoms with E-state index in [4.69, 9.17) is 5.73 Å². The Labute approximate surface area is 124 Å². The molecule has 0 atom stereocenters. The van der Waals surface area contributed by atoms with E-state index < -0.39 is 12.5 Å². The van der Waals surface area contributed by atoms with Gasteiger partial charge >= 0.3 is 6.61 Å². The van der Waals surface area contributed by atoms with Crippen molar-refractivity contribution in [2.45, 2.75) is 20.1 Å². The van der Waals surface area contributed by atoms with E-state index in [1.807, 2.05) is 0 Å². The number of anilines is 1. The standard InChI is InChI=1S/C14H14F2N2O2S/c1-8-11(3-2-4-12(8)20-14(15)16)18-6-10-5-9(7-21-10)13(17)19/h2-5,7,14,18H,6H2,1H3,(H2,17,19). The summed E-state index contributed by atoms with van der Waals surface area (Å²) in [6, 6.07) is 6.60. The molecule has 21 heavy (non-hydrogen) atoms. The topological polar surface area (TPSA) is 64.3 Å². The molecule has 4 nitrogen and oxygen atoms in total. The molecule has 0 aliphatic rings. The summed E-state index contributed by atoms with van der Waals surface area (Å²) in [7, 11) is 0. The fourth-order valence-electron chi connectivity index (χ4n) is 1.81.